The Hall–Kier alpha value is -3.11. The molecule has 0 aliphatic rings. The van der Waals surface area contributed by atoms with E-state index in [9.17, 15) is 18.0 Å². The van der Waals surface area contributed by atoms with Crippen LogP contribution in [0.1, 0.15) is 18.2 Å². The topological polar surface area (TPSA) is 127 Å². The van der Waals surface area contributed by atoms with Crippen LogP contribution in [0.5, 0.6) is 0 Å². The van der Waals surface area contributed by atoms with Crippen LogP contribution >= 0.6 is 0 Å². The average molecular weight is 421 g/mol. The van der Waals surface area contributed by atoms with E-state index < -0.39 is 16.1 Å². The quantitative estimate of drug-likeness (QED) is 0.395. The van der Waals surface area contributed by atoms with Crippen molar-refractivity contribution in [3.63, 3.8) is 0 Å². The number of nitrogens with one attached hydrogen (secondary N) is 3. The highest BCUT2D eigenvalue weighted by atomic mass is 32.2. The van der Waals surface area contributed by atoms with E-state index >= 15 is 0 Å². The Morgan fingerprint density at radius 3 is 2.48 bits per heavy atom. The van der Waals surface area contributed by atoms with Gasteiger partial charge in [0.2, 0.25) is 15.9 Å². The van der Waals surface area contributed by atoms with E-state index in [0.717, 1.165) is 0 Å². The summed E-state index contributed by atoms with van der Waals surface area (Å²) in [7, 11) is -3.67. The van der Waals surface area contributed by atoms with Crippen LogP contribution in [0.15, 0.2) is 58.1 Å². The van der Waals surface area contributed by atoms with Crippen molar-refractivity contribution < 1.29 is 27.2 Å². The van der Waals surface area contributed by atoms with Gasteiger partial charge in [-0.1, -0.05) is 12.1 Å². The molecule has 0 saturated carbocycles. The third-order valence-corrected chi connectivity index (χ3v) is 5.02. The minimum absolute atomic E-state index is 0.0577. The number of hydrogen-bond acceptors (Lipinski definition) is 6. The van der Waals surface area contributed by atoms with Gasteiger partial charge in [0.1, 0.15) is 5.76 Å². The van der Waals surface area contributed by atoms with Gasteiger partial charge < -0.3 is 19.8 Å². The van der Waals surface area contributed by atoms with Crippen molar-refractivity contribution in [1.82, 2.24) is 15.4 Å². The Bertz CT molecular complexity index is 921. The van der Waals surface area contributed by atoms with Crippen LogP contribution in [-0.4, -0.2) is 40.1 Å². The molecular weight excluding hydrogens is 398 g/mol. The lowest BCUT2D eigenvalue weighted by molar-refractivity contribution is -0.116. The zero-order chi connectivity index (χ0) is 21.1. The fourth-order valence-corrected chi connectivity index (χ4v) is 3.18. The Morgan fingerprint density at radius 1 is 1.10 bits per heavy atom. The predicted molar refractivity (Wildman–Crippen MR) is 106 cm³/mol. The molecule has 9 nitrogen and oxygen atoms in total. The Balaban J connectivity index is 1.80. The molecule has 10 heteroatoms. The molecule has 2 rings (SSSR count). The van der Waals surface area contributed by atoms with Crippen LogP contribution in [0, 0.1) is 0 Å². The molecule has 1 heterocycles. The van der Waals surface area contributed by atoms with Crippen molar-refractivity contribution in [3.8, 4) is 0 Å². The Kier molecular flexibility index (Phi) is 8.44. The van der Waals surface area contributed by atoms with Gasteiger partial charge in [0, 0.05) is 19.2 Å². The molecule has 0 atom stereocenters. The van der Waals surface area contributed by atoms with E-state index in [1.165, 1.54) is 24.5 Å². The van der Waals surface area contributed by atoms with Gasteiger partial charge in [-0.2, -0.15) is 0 Å². The second-order valence-electron chi connectivity index (χ2n) is 5.74. The number of amides is 2. The van der Waals surface area contributed by atoms with Gasteiger partial charge in [-0.05, 0) is 42.8 Å². The number of furan rings is 1. The maximum Gasteiger partial charge on any atom is 0.407 e. The number of hydrogen-bond donors (Lipinski definition) is 3. The van der Waals surface area contributed by atoms with Crippen LogP contribution in [0.25, 0.3) is 6.08 Å². The fourth-order valence-electron chi connectivity index (χ4n) is 2.18. The fraction of sp³-hybridized carbons (Fsp3) is 0.263. The third kappa shape index (κ3) is 7.80. The summed E-state index contributed by atoms with van der Waals surface area (Å²) in [5, 5.41) is 5.09. The first-order chi connectivity index (χ1) is 13.9. The first-order valence-electron chi connectivity index (χ1n) is 8.89. The molecule has 0 aliphatic carbocycles. The second kappa shape index (κ2) is 11.0. The summed E-state index contributed by atoms with van der Waals surface area (Å²) in [6, 6.07) is 9.43. The molecule has 0 unspecified atom stereocenters. The van der Waals surface area contributed by atoms with E-state index in [1.807, 2.05) is 0 Å². The zero-order valence-corrected chi connectivity index (χ0v) is 16.7. The van der Waals surface area contributed by atoms with Crippen molar-refractivity contribution in [2.24, 2.45) is 0 Å². The highest BCUT2D eigenvalue weighted by molar-refractivity contribution is 7.89. The molecule has 29 heavy (non-hydrogen) atoms. The molecule has 0 aliphatic heterocycles. The largest absolute Gasteiger partial charge is 0.468 e. The summed E-state index contributed by atoms with van der Waals surface area (Å²) in [5.74, 6) is 0.170. The third-order valence-electron chi connectivity index (χ3n) is 3.60. The molecule has 0 fully saturated rings. The van der Waals surface area contributed by atoms with Crippen LogP contribution < -0.4 is 15.4 Å². The van der Waals surface area contributed by atoms with E-state index in [0.29, 0.717) is 11.3 Å². The lowest BCUT2D eigenvalue weighted by atomic mass is 10.2. The number of sulfonamides is 1. The highest BCUT2D eigenvalue weighted by Crippen LogP contribution is 2.12. The smallest absolute Gasteiger partial charge is 0.407 e. The summed E-state index contributed by atoms with van der Waals surface area (Å²) in [4.78, 5) is 22.9. The zero-order valence-electron chi connectivity index (χ0n) is 15.9. The van der Waals surface area contributed by atoms with Crippen molar-refractivity contribution in [3.05, 3.63) is 60.1 Å². The van der Waals surface area contributed by atoms with Gasteiger partial charge in [0.15, 0.2) is 0 Å². The first-order valence-corrected chi connectivity index (χ1v) is 10.4. The standard InChI is InChI=1S/C19H23N3O6S/c1-2-27-19(24)21-12-11-20-18(23)10-7-15-5-8-17(9-6-15)29(25,26)22-14-16-4-3-13-28-16/h3-10,13,22H,2,11-12,14H2,1H3,(H,20,23)(H,21,24)/b10-7+. The second-order valence-corrected chi connectivity index (χ2v) is 7.51. The Morgan fingerprint density at radius 2 is 1.83 bits per heavy atom. The molecule has 0 bridgehead atoms. The van der Waals surface area contributed by atoms with Crippen LogP contribution in [-0.2, 0) is 26.1 Å². The van der Waals surface area contributed by atoms with Crippen LogP contribution in [0.2, 0.25) is 0 Å². The SMILES string of the molecule is CCOC(=O)NCCNC(=O)/C=C/c1ccc(S(=O)(=O)NCc2ccco2)cc1. The number of rotatable bonds is 10. The molecule has 1 aromatic heterocycles. The average Bonchev–Trinajstić information content (AvgIpc) is 3.22. The number of ether oxygens (including phenoxy) is 1. The van der Waals surface area contributed by atoms with Crippen molar-refractivity contribution in [2.75, 3.05) is 19.7 Å². The number of carbonyl (C=O) groups is 2. The molecule has 2 aromatic rings. The number of carbonyl (C=O) groups excluding carboxylic acids is 2. The minimum atomic E-state index is -3.67. The monoisotopic (exact) mass is 421 g/mol. The summed E-state index contributed by atoms with van der Waals surface area (Å²) in [6.45, 7) is 2.53. The maximum atomic E-state index is 12.3. The van der Waals surface area contributed by atoms with Gasteiger partial charge >= 0.3 is 6.09 Å². The van der Waals surface area contributed by atoms with E-state index in [1.54, 1.807) is 37.3 Å². The lowest BCUT2D eigenvalue weighted by Crippen LogP contribution is -2.34. The van der Waals surface area contributed by atoms with Crippen LogP contribution in [0.4, 0.5) is 4.79 Å². The highest BCUT2D eigenvalue weighted by Gasteiger charge is 2.13. The summed E-state index contributed by atoms with van der Waals surface area (Å²) >= 11 is 0. The molecule has 0 spiro atoms. The molecule has 156 valence electrons. The van der Waals surface area contributed by atoms with Gasteiger partial charge in [0.25, 0.3) is 0 Å². The van der Waals surface area contributed by atoms with Crippen molar-refractivity contribution in [2.45, 2.75) is 18.4 Å². The first kappa shape index (κ1) is 22.2. The van der Waals surface area contributed by atoms with E-state index in [4.69, 9.17) is 9.15 Å². The van der Waals surface area contributed by atoms with Crippen LogP contribution in [0.3, 0.4) is 0 Å². The summed E-state index contributed by atoms with van der Waals surface area (Å²) < 4.78 is 36.8. The molecule has 2 amide bonds. The van der Waals surface area contributed by atoms with Gasteiger partial charge in [0.05, 0.1) is 24.3 Å². The number of alkyl carbamates (subject to hydrolysis) is 1. The lowest BCUT2D eigenvalue weighted by Gasteiger charge is -2.06. The molecule has 1 aromatic carbocycles. The molecule has 3 N–H and O–H groups in total. The van der Waals surface area contributed by atoms with Crippen molar-refractivity contribution in [1.29, 1.82) is 0 Å². The van der Waals surface area contributed by atoms with Gasteiger partial charge in [-0.15, -0.1) is 0 Å². The van der Waals surface area contributed by atoms with Gasteiger partial charge in [-0.25, -0.2) is 17.9 Å². The van der Waals surface area contributed by atoms with E-state index in [-0.39, 0.29) is 37.0 Å². The number of benzene rings is 1. The van der Waals surface area contributed by atoms with Gasteiger partial charge in [-0.3, -0.25) is 4.79 Å². The van der Waals surface area contributed by atoms with E-state index in [2.05, 4.69) is 15.4 Å². The maximum absolute atomic E-state index is 12.3. The minimum Gasteiger partial charge on any atom is -0.468 e. The Labute approximate surface area is 169 Å². The van der Waals surface area contributed by atoms with Crippen molar-refractivity contribution >= 4 is 28.1 Å². The molecule has 0 radical (unpaired) electrons. The predicted octanol–water partition coefficient (Wildman–Crippen LogP) is 1.63. The normalized spacial score (nSPS) is 11.3. The molecule has 0 saturated heterocycles. The summed E-state index contributed by atoms with van der Waals surface area (Å²) in [6.07, 6.45) is 3.81. The molecular formula is C19H23N3O6S. The summed E-state index contributed by atoms with van der Waals surface area (Å²) in [5.41, 5.74) is 0.662.